The number of pyridine rings is 1. The number of hydrogen-bond acceptors (Lipinski definition) is 6. The van der Waals surface area contributed by atoms with E-state index in [9.17, 15) is 19.2 Å². The van der Waals surface area contributed by atoms with Crippen molar-refractivity contribution in [1.29, 1.82) is 0 Å². The Balaban J connectivity index is 1.80. The maximum atomic E-state index is 13.7. The van der Waals surface area contributed by atoms with E-state index < -0.39 is 36.1 Å². The van der Waals surface area contributed by atoms with E-state index in [1.165, 1.54) is 16.0 Å². The molecule has 0 radical (unpaired) electrons. The van der Waals surface area contributed by atoms with E-state index in [2.05, 4.69) is 4.98 Å². The maximum Gasteiger partial charge on any atom is 0.255 e. The lowest BCUT2D eigenvalue weighted by atomic mass is 10.1. The first kappa shape index (κ1) is 25.4. The third-order valence-electron chi connectivity index (χ3n) is 5.99. The molecule has 3 aromatic rings. The third kappa shape index (κ3) is 4.86. The Morgan fingerprint density at radius 1 is 0.973 bits per heavy atom. The van der Waals surface area contributed by atoms with Gasteiger partial charge in [-0.1, -0.05) is 18.2 Å². The van der Waals surface area contributed by atoms with Crippen LogP contribution in [-0.2, 0) is 19.2 Å². The molecular formula is C27H27N5O5. The summed E-state index contributed by atoms with van der Waals surface area (Å²) in [5, 5.41) is 0. The van der Waals surface area contributed by atoms with Crippen molar-refractivity contribution in [3.8, 4) is 5.75 Å². The van der Waals surface area contributed by atoms with Crippen molar-refractivity contribution in [3.05, 3.63) is 72.9 Å². The molecule has 0 aliphatic carbocycles. The summed E-state index contributed by atoms with van der Waals surface area (Å²) >= 11 is 0. The number of anilines is 4. The van der Waals surface area contributed by atoms with Gasteiger partial charge in [-0.05, 0) is 62.4 Å². The Morgan fingerprint density at radius 3 is 2.19 bits per heavy atom. The standard InChI is InChI=1S/C27H27N5O5/c1-17(2)31(18-11-13-19(37-3)14-12-18)23(33)16-30-20-8-4-5-9-21(20)32(22-10-6-7-15-29-22)27(36)24(25(28)34)26(30)35/h4-15,17,24H,16H2,1-3H3,(H2,28,34). The fourth-order valence-electron chi connectivity index (χ4n) is 4.32. The van der Waals surface area contributed by atoms with Crippen LogP contribution >= 0.6 is 0 Å². The zero-order valence-electron chi connectivity index (χ0n) is 20.7. The van der Waals surface area contributed by atoms with Gasteiger partial charge >= 0.3 is 0 Å². The number of para-hydroxylation sites is 2. The molecule has 4 rings (SSSR count). The fraction of sp³-hybridized carbons (Fsp3) is 0.222. The minimum Gasteiger partial charge on any atom is -0.497 e. The Labute approximate surface area is 214 Å². The molecule has 1 atom stereocenters. The number of primary amides is 1. The van der Waals surface area contributed by atoms with E-state index in [0.717, 1.165) is 4.90 Å². The van der Waals surface area contributed by atoms with E-state index in [-0.39, 0.29) is 17.5 Å². The van der Waals surface area contributed by atoms with Crippen LogP contribution in [0.15, 0.2) is 72.9 Å². The van der Waals surface area contributed by atoms with Crippen molar-refractivity contribution in [2.45, 2.75) is 19.9 Å². The van der Waals surface area contributed by atoms with E-state index in [1.807, 2.05) is 13.8 Å². The van der Waals surface area contributed by atoms with Crippen LogP contribution in [0, 0.1) is 5.92 Å². The van der Waals surface area contributed by atoms with Crippen molar-refractivity contribution >= 4 is 46.5 Å². The predicted molar refractivity (Wildman–Crippen MR) is 138 cm³/mol. The molecule has 2 aromatic carbocycles. The number of ether oxygens (including phenoxy) is 1. The second-order valence-electron chi connectivity index (χ2n) is 8.67. The molecule has 1 aromatic heterocycles. The summed E-state index contributed by atoms with van der Waals surface area (Å²) in [5.74, 6) is -4.23. The van der Waals surface area contributed by atoms with Gasteiger partial charge in [-0.15, -0.1) is 0 Å². The van der Waals surface area contributed by atoms with Gasteiger partial charge < -0.3 is 15.4 Å². The van der Waals surface area contributed by atoms with Crippen molar-refractivity contribution in [2.75, 3.05) is 28.4 Å². The Morgan fingerprint density at radius 2 is 1.62 bits per heavy atom. The second-order valence-corrected chi connectivity index (χ2v) is 8.67. The van der Waals surface area contributed by atoms with Crippen molar-refractivity contribution in [3.63, 3.8) is 0 Å². The van der Waals surface area contributed by atoms with Gasteiger partial charge in [0.05, 0.1) is 18.5 Å². The average molecular weight is 502 g/mol. The summed E-state index contributed by atoms with van der Waals surface area (Å²) in [6.45, 7) is 3.27. The number of carbonyl (C=O) groups is 4. The highest BCUT2D eigenvalue weighted by molar-refractivity contribution is 6.29. The lowest BCUT2D eigenvalue weighted by Gasteiger charge is -2.31. The van der Waals surface area contributed by atoms with Crippen molar-refractivity contribution < 1.29 is 23.9 Å². The van der Waals surface area contributed by atoms with Gasteiger partial charge in [-0.2, -0.15) is 0 Å². The fourth-order valence-corrected chi connectivity index (χ4v) is 4.32. The highest BCUT2D eigenvalue weighted by atomic mass is 16.5. The quantitative estimate of drug-likeness (QED) is 0.496. The smallest absolute Gasteiger partial charge is 0.255 e. The van der Waals surface area contributed by atoms with Gasteiger partial charge in [0.25, 0.3) is 5.91 Å². The minimum atomic E-state index is -1.84. The number of aromatic nitrogens is 1. The number of amides is 4. The monoisotopic (exact) mass is 501 g/mol. The van der Waals surface area contributed by atoms with Gasteiger partial charge in [0.2, 0.25) is 17.7 Å². The van der Waals surface area contributed by atoms with Crippen LogP contribution in [0.5, 0.6) is 5.75 Å². The largest absolute Gasteiger partial charge is 0.497 e. The van der Waals surface area contributed by atoms with Crippen LogP contribution in [0.2, 0.25) is 0 Å². The number of fused-ring (bicyclic) bond motifs is 1. The van der Waals surface area contributed by atoms with E-state index in [1.54, 1.807) is 73.8 Å². The molecular weight excluding hydrogens is 474 g/mol. The summed E-state index contributed by atoms with van der Waals surface area (Å²) in [4.78, 5) is 61.4. The number of hydrogen-bond donors (Lipinski definition) is 1. The summed E-state index contributed by atoms with van der Waals surface area (Å²) in [7, 11) is 1.55. The highest BCUT2D eigenvalue weighted by Gasteiger charge is 2.45. The molecule has 1 aliphatic heterocycles. The van der Waals surface area contributed by atoms with Crippen LogP contribution in [0.25, 0.3) is 0 Å². The first-order chi connectivity index (χ1) is 17.7. The molecule has 37 heavy (non-hydrogen) atoms. The SMILES string of the molecule is COc1ccc(N(C(=O)CN2C(=O)C(C(N)=O)C(=O)N(c3ccccn3)c3ccccc32)C(C)C)cc1. The Hall–Kier alpha value is -4.73. The predicted octanol–water partition coefficient (Wildman–Crippen LogP) is 2.64. The molecule has 190 valence electrons. The zero-order valence-corrected chi connectivity index (χ0v) is 20.7. The zero-order chi connectivity index (χ0) is 26.7. The average Bonchev–Trinajstić information content (AvgIpc) is 2.97. The lowest BCUT2D eigenvalue weighted by Crippen LogP contribution is -2.51. The number of nitrogens with zero attached hydrogens (tertiary/aromatic N) is 4. The summed E-state index contributed by atoms with van der Waals surface area (Å²) in [6.07, 6.45) is 1.49. The summed E-state index contributed by atoms with van der Waals surface area (Å²) in [6, 6.07) is 18.3. The van der Waals surface area contributed by atoms with Gasteiger partial charge in [-0.25, -0.2) is 4.98 Å². The molecule has 0 saturated carbocycles. The van der Waals surface area contributed by atoms with Crippen LogP contribution in [0.1, 0.15) is 13.8 Å². The van der Waals surface area contributed by atoms with Gasteiger partial charge in [0.1, 0.15) is 18.1 Å². The van der Waals surface area contributed by atoms with Gasteiger partial charge in [0.15, 0.2) is 5.92 Å². The summed E-state index contributed by atoms with van der Waals surface area (Å²) in [5.41, 5.74) is 6.74. The van der Waals surface area contributed by atoms with Crippen LogP contribution in [0.3, 0.4) is 0 Å². The van der Waals surface area contributed by atoms with Crippen molar-refractivity contribution in [1.82, 2.24) is 4.98 Å². The molecule has 0 saturated heterocycles. The normalized spacial score (nSPS) is 15.3. The molecule has 4 amide bonds. The van der Waals surface area contributed by atoms with Gasteiger partial charge in [-0.3, -0.25) is 29.0 Å². The highest BCUT2D eigenvalue weighted by Crippen LogP contribution is 2.38. The van der Waals surface area contributed by atoms with Crippen LogP contribution in [-0.4, -0.2) is 48.3 Å². The molecule has 0 spiro atoms. The second kappa shape index (κ2) is 10.5. The molecule has 0 fully saturated rings. The van der Waals surface area contributed by atoms with Crippen molar-refractivity contribution in [2.24, 2.45) is 11.7 Å². The molecule has 0 bridgehead atoms. The molecule has 10 heteroatoms. The number of carbonyl (C=O) groups excluding carboxylic acids is 4. The summed E-state index contributed by atoms with van der Waals surface area (Å²) < 4.78 is 5.21. The Kier molecular flexibility index (Phi) is 7.19. The molecule has 10 nitrogen and oxygen atoms in total. The number of benzene rings is 2. The number of nitrogens with two attached hydrogens (primary N) is 1. The Bertz CT molecular complexity index is 1330. The topological polar surface area (TPSA) is 126 Å². The molecule has 1 aliphatic rings. The van der Waals surface area contributed by atoms with Crippen LogP contribution < -0.4 is 25.2 Å². The van der Waals surface area contributed by atoms with E-state index in [0.29, 0.717) is 17.1 Å². The minimum absolute atomic E-state index is 0.217. The van der Waals surface area contributed by atoms with Gasteiger partial charge in [0, 0.05) is 17.9 Å². The number of methoxy groups -OCH3 is 1. The molecule has 2 N–H and O–H groups in total. The maximum absolute atomic E-state index is 13.7. The van der Waals surface area contributed by atoms with E-state index in [4.69, 9.17) is 10.5 Å². The first-order valence-corrected chi connectivity index (χ1v) is 11.7. The molecule has 2 heterocycles. The third-order valence-corrected chi connectivity index (χ3v) is 5.99. The first-order valence-electron chi connectivity index (χ1n) is 11.7. The molecule has 1 unspecified atom stereocenters. The number of rotatable bonds is 7. The van der Waals surface area contributed by atoms with E-state index >= 15 is 0 Å². The van der Waals surface area contributed by atoms with Crippen LogP contribution in [0.4, 0.5) is 22.9 Å². The lowest BCUT2D eigenvalue weighted by molar-refractivity contribution is -0.139.